The SMILES string of the molecule is Cc1cc(NCCc2ncn[nH]2)nc(C)n1. The number of anilines is 1. The lowest BCUT2D eigenvalue weighted by atomic mass is 10.3. The molecule has 0 saturated carbocycles. The molecule has 2 aromatic heterocycles. The maximum atomic E-state index is 4.28. The van der Waals surface area contributed by atoms with Gasteiger partial charge < -0.3 is 5.32 Å². The summed E-state index contributed by atoms with van der Waals surface area (Å²) in [6.07, 6.45) is 2.30. The van der Waals surface area contributed by atoms with Gasteiger partial charge in [-0.3, -0.25) is 5.10 Å². The fourth-order valence-electron chi connectivity index (χ4n) is 1.47. The van der Waals surface area contributed by atoms with Crippen LogP contribution >= 0.6 is 0 Å². The van der Waals surface area contributed by atoms with Gasteiger partial charge in [0.05, 0.1) is 0 Å². The molecule has 0 aliphatic rings. The van der Waals surface area contributed by atoms with Crippen LogP contribution in [0.15, 0.2) is 12.4 Å². The van der Waals surface area contributed by atoms with Gasteiger partial charge in [0.1, 0.15) is 23.8 Å². The topological polar surface area (TPSA) is 79.4 Å². The van der Waals surface area contributed by atoms with Crippen LogP contribution in [0.3, 0.4) is 0 Å². The van der Waals surface area contributed by atoms with E-state index in [0.29, 0.717) is 0 Å². The molecular formula is C10H14N6. The van der Waals surface area contributed by atoms with Crippen LogP contribution in [-0.2, 0) is 6.42 Å². The average Bonchev–Trinajstić information content (AvgIpc) is 2.69. The molecule has 0 amide bonds. The summed E-state index contributed by atoms with van der Waals surface area (Å²) in [6, 6.07) is 1.92. The highest BCUT2D eigenvalue weighted by molar-refractivity contribution is 5.35. The summed E-state index contributed by atoms with van der Waals surface area (Å²) < 4.78 is 0. The van der Waals surface area contributed by atoms with Crippen molar-refractivity contribution in [2.75, 3.05) is 11.9 Å². The van der Waals surface area contributed by atoms with Gasteiger partial charge in [-0.25, -0.2) is 15.0 Å². The number of nitrogens with one attached hydrogen (secondary N) is 2. The first-order valence-electron chi connectivity index (χ1n) is 5.14. The van der Waals surface area contributed by atoms with Crippen molar-refractivity contribution in [3.05, 3.63) is 29.7 Å². The molecule has 2 rings (SSSR count). The van der Waals surface area contributed by atoms with E-state index in [1.807, 2.05) is 19.9 Å². The third-order valence-corrected chi connectivity index (χ3v) is 2.10. The summed E-state index contributed by atoms with van der Waals surface area (Å²) in [4.78, 5) is 12.5. The quantitative estimate of drug-likeness (QED) is 0.795. The molecule has 2 N–H and O–H groups in total. The van der Waals surface area contributed by atoms with Gasteiger partial charge in [-0.2, -0.15) is 5.10 Å². The Kier molecular flexibility index (Phi) is 3.09. The molecule has 0 aliphatic carbocycles. The summed E-state index contributed by atoms with van der Waals surface area (Å²) in [5, 5.41) is 9.82. The van der Waals surface area contributed by atoms with Gasteiger partial charge in [-0.1, -0.05) is 0 Å². The fourth-order valence-corrected chi connectivity index (χ4v) is 1.47. The van der Waals surface area contributed by atoms with Crippen molar-refractivity contribution < 1.29 is 0 Å². The van der Waals surface area contributed by atoms with E-state index in [1.165, 1.54) is 6.33 Å². The van der Waals surface area contributed by atoms with E-state index in [0.717, 1.165) is 36.1 Å². The molecule has 84 valence electrons. The molecule has 2 aromatic rings. The van der Waals surface area contributed by atoms with Gasteiger partial charge in [0.2, 0.25) is 0 Å². The molecule has 0 atom stereocenters. The molecule has 0 spiro atoms. The minimum Gasteiger partial charge on any atom is -0.370 e. The second kappa shape index (κ2) is 4.69. The smallest absolute Gasteiger partial charge is 0.137 e. The minimum absolute atomic E-state index is 0.769. The molecule has 6 heteroatoms. The molecule has 0 unspecified atom stereocenters. The maximum absolute atomic E-state index is 4.28. The molecule has 0 saturated heterocycles. The van der Waals surface area contributed by atoms with Crippen LogP contribution < -0.4 is 5.32 Å². The van der Waals surface area contributed by atoms with Crippen molar-refractivity contribution in [3.63, 3.8) is 0 Å². The van der Waals surface area contributed by atoms with E-state index in [1.54, 1.807) is 0 Å². The largest absolute Gasteiger partial charge is 0.370 e. The molecule has 16 heavy (non-hydrogen) atoms. The average molecular weight is 218 g/mol. The second-order valence-electron chi connectivity index (χ2n) is 3.55. The Morgan fingerprint density at radius 1 is 1.31 bits per heavy atom. The standard InChI is InChI=1S/C10H14N6/c1-7-5-10(15-8(2)14-7)11-4-3-9-12-6-13-16-9/h5-6H,3-4H2,1-2H3,(H,11,14,15)(H,12,13,16). The molecule has 6 nitrogen and oxygen atoms in total. The number of hydrogen-bond acceptors (Lipinski definition) is 5. The fraction of sp³-hybridized carbons (Fsp3) is 0.400. The first-order valence-corrected chi connectivity index (χ1v) is 5.14. The number of H-pyrrole nitrogens is 1. The lowest BCUT2D eigenvalue weighted by Gasteiger charge is -2.05. The van der Waals surface area contributed by atoms with Gasteiger partial charge >= 0.3 is 0 Å². The zero-order chi connectivity index (χ0) is 11.4. The van der Waals surface area contributed by atoms with Crippen LogP contribution in [-0.4, -0.2) is 31.7 Å². The van der Waals surface area contributed by atoms with Crippen molar-refractivity contribution in [1.29, 1.82) is 0 Å². The predicted octanol–water partition coefficient (Wildman–Crippen LogP) is 0.866. The lowest BCUT2D eigenvalue weighted by Crippen LogP contribution is -2.08. The molecule has 0 aliphatic heterocycles. The third-order valence-electron chi connectivity index (χ3n) is 2.10. The van der Waals surface area contributed by atoms with Crippen molar-refractivity contribution in [3.8, 4) is 0 Å². The van der Waals surface area contributed by atoms with Crippen LogP contribution in [0.1, 0.15) is 17.3 Å². The molecule has 2 heterocycles. The van der Waals surface area contributed by atoms with E-state index in [4.69, 9.17) is 0 Å². The first-order chi connectivity index (χ1) is 7.74. The number of aryl methyl sites for hydroxylation is 2. The Hall–Kier alpha value is -1.98. The number of rotatable bonds is 4. The van der Waals surface area contributed by atoms with Gasteiger partial charge in [0.15, 0.2) is 0 Å². The van der Waals surface area contributed by atoms with E-state index >= 15 is 0 Å². The van der Waals surface area contributed by atoms with Crippen molar-refractivity contribution in [2.45, 2.75) is 20.3 Å². The number of hydrogen-bond donors (Lipinski definition) is 2. The van der Waals surface area contributed by atoms with Crippen LogP contribution in [0.2, 0.25) is 0 Å². The van der Waals surface area contributed by atoms with Crippen LogP contribution in [0.25, 0.3) is 0 Å². The zero-order valence-corrected chi connectivity index (χ0v) is 9.36. The molecular weight excluding hydrogens is 204 g/mol. The van der Waals surface area contributed by atoms with Crippen molar-refractivity contribution in [2.24, 2.45) is 0 Å². The lowest BCUT2D eigenvalue weighted by molar-refractivity contribution is 0.891. The Morgan fingerprint density at radius 2 is 2.19 bits per heavy atom. The van der Waals surface area contributed by atoms with Crippen LogP contribution in [0.5, 0.6) is 0 Å². The Morgan fingerprint density at radius 3 is 2.88 bits per heavy atom. The summed E-state index contributed by atoms with van der Waals surface area (Å²) in [6.45, 7) is 4.61. The molecule has 0 radical (unpaired) electrons. The van der Waals surface area contributed by atoms with Gasteiger partial charge in [0.25, 0.3) is 0 Å². The van der Waals surface area contributed by atoms with Gasteiger partial charge in [-0.15, -0.1) is 0 Å². The highest BCUT2D eigenvalue weighted by Crippen LogP contribution is 2.05. The summed E-state index contributed by atoms with van der Waals surface area (Å²) in [7, 11) is 0. The Balaban J connectivity index is 1.89. The molecule has 0 bridgehead atoms. The maximum Gasteiger partial charge on any atom is 0.137 e. The van der Waals surface area contributed by atoms with Crippen molar-refractivity contribution >= 4 is 5.82 Å². The van der Waals surface area contributed by atoms with Gasteiger partial charge in [-0.05, 0) is 13.8 Å². The highest BCUT2D eigenvalue weighted by atomic mass is 15.2. The van der Waals surface area contributed by atoms with Crippen LogP contribution in [0.4, 0.5) is 5.82 Å². The summed E-state index contributed by atoms with van der Waals surface area (Å²) in [5.41, 5.74) is 0.967. The number of aromatic nitrogens is 5. The Labute approximate surface area is 93.6 Å². The number of nitrogens with zero attached hydrogens (tertiary/aromatic N) is 4. The zero-order valence-electron chi connectivity index (χ0n) is 9.36. The molecule has 0 aromatic carbocycles. The monoisotopic (exact) mass is 218 g/mol. The summed E-state index contributed by atoms with van der Waals surface area (Å²) in [5.74, 6) is 2.50. The van der Waals surface area contributed by atoms with Crippen molar-refractivity contribution in [1.82, 2.24) is 25.1 Å². The van der Waals surface area contributed by atoms with E-state index in [-0.39, 0.29) is 0 Å². The highest BCUT2D eigenvalue weighted by Gasteiger charge is 1.99. The Bertz CT molecular complexity index is 430. The van der Waals surface area contributed by atoms with E-state index in [9.17, 15) is 0 Å². The summed E-state index contributed by atoms with van der Waals surface area (Å²) >= 11 is 0. The van der Waals surface area contributed by atoms with Crippen LogP contribution in [0, 0.1) is 13.8 Å². The molecule has 0 fully saturated rings. The second-order valence-corrected chi connectivity index (χ2v) is 3.55. The minimum atomic E-state index is 0.769. The number of aromatic amines is 1. The van der Waals surface area contributed by atoms with Gasteiger partial charge in [0, 0.05) is 24.7 Å². The third kappa shape index (κ3) is 2.75. The predicted molar refractivity (Wildman–Crippen MR) is 60.1 cm³/mol. The normalized spacial score (nSPS) is 10.4. The van der Waals surface area contributed by atoms with E-state index < -0.39 is 0 Å². The van der Waals surface area contributed by atoms with E-state index in [2.05, 4.69) is 30.5 Å². The first kappa shape index (κ1) is 10.5.